The Morgan fingerprint density at radius 3 is 2.94 bits per heavy atom. The summed E-state index contributed by atoms with van der Waals surface area (Å²) < 4.78 is 0. The molecule has 0 radical (unpaired) electrons. The van der Waals surface area contributed by atoms with Crippen LogP contribution in [0, 0.1) is 0 Å². The number of rotatable bonds is 6. The van der Waals surface area contributed by atoms with Gasteiger partial charge in [0, 0.05) is 36.7 Å². The van der Waals surface area contributed by atoms with E-state index in [9.17, 15) is 0 Å². The van der Waals surface area contributed by atoms with E-state index in [1.807, 2.05) is 30.2 Å². The molecular weight excluding hydrogens is 240 g/mol. The molecule has 1 aromatic heterocycles. The fraction of sp³-hybridized carbons (Fsp3) is 0.583. The molecule has 2 nitrogen and oxygen atoms in total. The van der Waals surface area contributed by atoms with Crippen molar-refractivity contribution in [3.05, 3.63) is 24.0 Å². The van der Waals surface area contributed by atoms with Gasteiger partial charge < -0.3 is 4.90 Å². The number of alkyl halides is 1. The number of hydrogen-bond acceptors (Lipinski definition) is 3. The Hall–Kier alpha value is -0.410. The normalized spacial score (nSPS) is 12.5. The molecule has 0 aliphatic heterocycles. The first-order chi connectivity index (χ1) is 7.70. The predicted octanol–water partition coefficient (Wildman–Crippen LogP) is 3.40. The molecule has 0 aliphatic carbocycles. The minimum Gasteiger partial charge on any atom is -0.372 e. The third-order valence-electron chi connectivity index (χ3n) is 2.80. The van der Waals surface area contributed by atoms with Crippen LogP contribution in [0.25, 0.3) is 0 Å². The van der Waals surface area contributed by atoms with Crippen LogP contribution < -0.4 is 4.90 Å². The smallest absolute Gasteiger partial charge is 0.0509 e. The first-order valence-corrected chi connectivity index (χ1v) is 7.34. The van der Waals surface area contributed by atoms with Gasteiger partial charge in [0.15, 0.2) is 0 Å². The van der Waals surface area contributed by atoms with Crippen LogP contribution in [0.15, 0.2) is 18.5 Å². The highest BCUT2D eigenvalue weighted by Gasteiger charge is 2.12. The minimum atomic E-state index is 0.517. The number of halogens is 1. The summed E-state index contributed by atoms with van der Waals surface area (Å²) in [5, 5.41) is 0. The summed E-state index contributed by atoms with van der Waals surface area (Å²) in [5.74, 6) is 1.70. The largest absolute Gasteiger partial charge is 0.372 e. The molecule has 0 amide bonds. The lowest BCUT2D eigenvalue weighted by molar-refractivity contribution is 0.667. The van der Waals surface area contributed by atoms with Gasteiger partial charge in [0.1, 0.15) is 0 Å². The van der Waals surface area contributed by atoms with Crippen molar-refractivity contribution < 1.29 is 0 Å². The topological polar surface area (TPSA) is 16.1 Å². The zero-order valence-electron chi connectivity index (χ0n) is 10.1. The number of aromatic nitrogens is 1. The molecule has 0 aliphatic rings. The van der Waals surface area contributed by atoms with E-state index in [1.54, 1.807) is 0 Å². The van der Waals surface area contributed by atoms with E-state index in [2.05, 4.69) is 30.1 Å². The Kier molecular flexibility index (Phi) is 5.99. The summed E-state index contributed by atoms with van der Waals surface area (Å²) in [6.45, 7) is 2.24. The van der Waals surface area contributed by atoms with Gasteiger partial charge >= 0.3 is 0 Å². The van der Waals surface area contributed by atoms with Crippen molar-refractivity contribution in [1.29, 1.82) is 0 Å². The molecule has 16 heavy (non-hydrogen) atoms. The third kappa shape index (κ3) is 3.56. The standard InChI is InChI=1S/C12H19ClN2S/c1-10(5-7-16-3)15(2)12-4-6-14-9-11(12)8-13/h4,6,9-10H,5,7-8H2,1-3H3. The quantitative estimate of drug-likeness (QED) is 0.728. The molecule has 1 rings (SSSR count). The third-order valence-corrected chi connectivity index (χ3v) is 3.73. The predicted molar refractivity (Wildman–Crippen MR) is 74.7 cm³/mol. The lowest BCUT2D eigenvalue weighted by Crippen LogP contribution is -2.30. The van der Waals surface area contributed by atoms with E-state index in [0.717, 1.165) is 5.56 Å². The van der Waals surface area contributed by atoms with E-state index < -0.39 is 0 Å². The van der Waals surface area contributed by atoms with Gasteiger partial charge in [0.2, 0.25) is 0 Å². The summed E-state index contributed by atoms with van der Waals surface area (Å²) in [7, 11) is 2.12. The van der Waals surface area contributed by atoms with Crippen molar-refractivity contribution >= 4 is 29.1 Å². The van der Waals surface area contributed by atoms with Crippen molar-refractivity contribution in [3.8, 4) is 0 Å². The van der Waals surface area contributed by atoms with Crippen LogP contribution in [0.1, 0.15) is 18.9 Å². The van der Waals surface area contributed by atoms with Crippen molar-refractivity contribution in [2.45, 2.75) is 25.3 Å². The van der Waals surface area contributed by atoms with Crippen molar-refractivity contribution in [2.75, 3.05) is 24.0 Å². The Morgan fingerprint density at radius 1 is 1.56 bits per heavy atom. The minimum absolute atomic E-state index is 0.517. The number of thioether (sulfide) groups is 1. The number of pyridine rings is 1. The van der Waals surface area contributed by atoms with Gasteiger partial charge in [-0.2, -0.15) is 11.8 Å². The molecule has 1 atom stereocenters. The zero-order chi connectivity index (χ0) is 12.0. The fourth-order valence-corrected chi connectivity index (χ4v) is 2.37. The highest BCUT2D eigenvalue weighted by Crippen LogP contribution is 2.22. The zero-order valence-corrected chi connectivity index (χ0v) is 11.7. The average molecular weight is 259 g/mol. The van der Waals surface area contributed by atoms with Gasteiger partial charge in [-0.3, -0.25) is 4.98 Å². The second-order valence-corrected chi connectivity index (χ2v) is 5.13. The maximum atomic E-state index is 5.91. The van der Waals surface area contributed by atoms with Crippen molar-refractivity contribution in [1.82, 2.24) is 4.98 Å². The molecule has 4 heteroatoms. The maximum absolute atomic E-state index is 5.91. The second-order valence-electron chi connectivity index (χ2n) is 3.88. The highest BCUT2D eigenvalue weighted by molar-refractivity contribution is 7.98. The van der Waals surface area contributed by atoms with Gasteiger partial charge in [-0.05, 0) is 31.4 Å². The summed E-state index contributed by atoms with van der Waals surface area (Å²) in [6.07, 6.45) is 6.99. The molecule has 0 bridgehead atoms. The molecule has 0 N–H and O–H groups in total. The molecule has 1 heterocycles. The van der Waals surface area contributed by atoms with E-state index in [1.165, 1.54) is 17.9 Å². The molecule has 0 saturated carbocycles. The number of hydrogen-bond donors (Lipinski definition) is 0. The SMILES string of the molecule is CSCCC(C)N(C)c1ccncc1CCl. The van der Waals surface area contributed by atoms with Crippen molar-refractivity contribution in [2.24, 2.45) is 0 Å². The Labute approximate surface area is 107 Å². The molecule has 0 saturated heterocycles. The highest BCUT2D eigenvalue weighted by atomic mass is 35.5. The van der Waals surface area contributed by atoms with Crippen molar-refractivity contribution in [3.63, 3.8) is 0 Å². The van der Waals surface area contributed by atoms with Gasteiger partial charge in [0.25, 0.3) is 0 Å². The molecule has 0 fully saturated rings. The lowest BCUT2D eigenvalue weighted by atomic mass is 10.1. The summed E-state index contributed by atoms with van der Waals surface area (Å²) in [6, 6.07) is 2.56. The molecule has 0 spiro atoms. The maximum Gasteiger partial charge on any atom is 0.0509 e. The first kappa shape index (κ1) is 13.7. The van der Waals surface area contributed by atoms with Gasteiger partial charge in [0.05, 0.1) is 5.88 Å². The average Bonchev–Trinajstić information content (AvgIpc) is 2.34. The van der Waals surface area contributed by atoms with Gasteiger partial charge in [-0.25, -0.2) is 0 Å². The molecular formula is C12H19ClN2S. The Balaban J connectivity index is 2.74. The second kappa shape index (κ2) is 7.02. The summed E-state index contributed by atoms with van der Waals surface area (Å²) in [5.41, 5.74) is 2.29. The van der Waals surface area contributed by atoms with Crippen LogP contribution >= 0.6 is 23.4 Å². The van der Waals surface area contributed by atoms with E-state index >= 15 is 0 Å². The van der Waals surface area contributed by atoms with E-state index in [-0.39, 0.29) is 0 Å². The number of nitrogens with zero attached hydrogens (tertiary/aromatic N) is 2. The van der Waals surface area contributed by atoms with Crippen LogP contribution in [0.2, 0.25) is 0 Å². The fourth-order valence-electron chi connectivity index (χ4n) is 1.59. The van der Waals surface area contributed by atoms with E-state index in [0.29, 0.717) is 11.9 Å². The Bertz CT molecular complexity index is 320. The molecule has 1 aromatic rings. The van der Waals surface area contributed by atoms with Crippen LogP contribution in [0.3, 0.4) is 0 Å². The first-order valence-electron chi connectivity index (χ1n) is 5.41. The van der Waals surface area contributed by atoms with E-state index in [4.69, 9.17) is 11.6 Å². The monoisotopic (exact) mass is 258 g/mol. The van der Waals surface area contributed by atoms with Crippen LogP contribution in [0.5, 0.6) is 0 Å². The molecule has 1 unspecified atom stereocenters. The summed E-state index contributed by atoms with van der Waals surface area (Å²) >= 11 is 7.80. The number of anilines is 1. The summed E-state index contributed by atoms with van der Waals surface area (Å²) in [4.78, 5) is 6.39. The van der Waals surface area contributed by atoms with Crippen LogP contribution in [0.4, 0.5) is 5.69 Å². The molecule has 90 valence electrons. The van der Waals surface area contributed by atoms with Crippen LogP contribution in [-0.2, 0) is 5.88 Å². The molecule has 0 aromatic carbocycles. The van der Waals surface area contributed by atoms with Crippen LogP contribution in [-0.4, -0.2) is 30.1 Å². The lowest BCUT2D eigenvalue weighted by Gasteiger charge is -2.28. The Morgan fingerprint density at radius 2 is 2.31 bits per heavy atom. The van der Waals surface area contributed by atoms with Gasteiger partial charge in [-0.15, -0.1) is 11.6 Å². The van der Waals surface area contributed by atoms with Gasteiger partial charge in [-0.1, -0.05) is 0 Å².